The Morgan fingerprint density at radius 1 is 1.24 bits per heavy atom. The lowest BCUT2D eigenvalue weighted by atomic mass is 10.0. The number of fused-ring (bicyclic) bond motifs is 3. The van der Waals surface area contributed by atoms with Gasteiger partial charge in [0.1, 0.15) is 0 Å². The number of nitrogens with two attached hydrogens (primary N) is 1. The van der Waals surface area contributed by atoms with Gasteiger partial charge in [-0.05, 0) is 37.0 Å². The molecule has 3 aromatic rings. The van der Waals surface area contributed by atoms with E-state index in [-0.39, 0.29) is 24.6 Å². The van der Waals surface area contributed by atoms with E-state index < -0.39 is 24.0 Å². The number of nitrogens with zero attached hydrogens (tertiary/aromatic N) is 6. The summed E-state index contributed by atoms with van der Waals surface area (Å²) in [5, 5.41) is 4.64. The number of aryl methyl sites for hydroxylation is 1. The molecule has 0 bridgehead atoms. The molecule has 5 rings (SSSR count). The van der Waals surface area contributed by atoms with Gasteiger partial charge < -0.3 is 20.4 Å². The van der Waals surface area contributed by atoms with Gasteiger partial charge in [0.25, 0.3) is 0 Å². The second-order valence-electron chi connectivity index (χ2n) is 9.60. The maximum atomic E-state index is 14.3. The number of alkyl halides is 3. The predicted octanol–water partition coefficient (Wildman–Crippen LogP) is 3.34. The molecular weight excluding hydrogens is 523 g/mol. The van der Waals surface area contributed by atoms with Crippen molar-refractivity contribution in [3.63, 3.8) is 0 Å². The fourth-order valence-corrected chi connectivity index (χ4v) is 5.57. The van der Waals surface area contributed by atoms with Gasteiger partial charge in [0.15, 0.2) is 16.8 Å². The first kappa shape index (κ1) is 26.2. The Morgan fingerprint density at radius 2 is 1.97 bits per heavy atom. The van der Waals surface area contributed by atoms with Crippen LogP contribution >= 0.6 is 11.6 Å². The molecule has 2 aromatic heterocycles. The molecular formula is C25H27ClF3N7O2. The molecule has 2 amide bonds. The average Bonchev–Trinajstić information content (AvgIpc) is 3.54. The minimum absolute atomic E-state index is 0.0466. The van der Waals surface area contributed by atoms with E-state index >= 15 is 0 Å². The highest BCUT2D eigenvalue weighted by Gasteiger charge is 2.47. The van der Waals surface area contributed by atoms with E-state index in [1.807, 2.05) is 4.90 Å². The van der Waals surface area contributed by atoms with E-state index in [1.165, 1.54) is 17.0 Å². The number of anilines is 2. The molecule has 2 N–H and O–H groups in total. The van der Waals surface area contributed by atoms with Crippen molar-refractivity contribution in [2.75, 3.05) is 38.1 Å². The Bertz CT molecular complexity index is 1360. The summed E-state index contributed by atoms with van der Waals surface area (Å²) in [5.74, 6) is -1.68. The van der Waals surface area contributed by atoms with Crippen LogP contribution < -0.4 is 10.6 Å². The van der Waals surface area contributed by atoms with Gasteiger partial charge in [-0.3, -0.25) is 9.59 Å². The first-order valence-electron chi connectivity index (χ1n) is 12.3. The molecule has 1 aromatic carbocycles. The van der Waals surface area contributed by atoms with Crippen molar-refractivity contribution in [1.29, 1.82) is 0 Å². The molecule has 2 aliphatic heterocycles. The number of likely N-dealkylation sites (tertiary alicyclic amines) is 1. The highest BCUT2D eigenvalue weighted by molar-refractivity contribution is 6.29. The smallest absolute Gasteiger partial charge is 0.341 e. The van der Waals surface area contributed by atoms with Crippen molar-refractivity contribution in [1.82, 2.24) is 24.4 Å². The van der Waals surface area contributed by atoms with Crippen LogP contribution in [0.5, 0.6) is 0 Å². The van der Waals surface area contributed by atoms with Crippen LogP contribution in [0, 0.1) is 5.92 Å². The summed E-state index contributed by atoms with van der Waals surface area (Å²) in [7, 11) is 1.16. The second-order valence-corrected chi connectivity index (χ2v) is 9.98. The largest absolute Gasteiger partial charge is 0.413 e. The van der Waals surface area contributed by atoms with Crippen LogP contribution in [-0.2, 0) is 16.0 Å². The number of hydrogen-bond donors (Lipinski definition) is 1. The second kappa shape index (κ2) is 10.1. The average molecular weight is 550 g/mol. The molecule has 9 nitrogen and oxygen atoms in total. The first-order valence-corrected chi connectivity index (χ1v) is 12.7. The van der Waals surface area contributed by atoms with Crippen molar-refractivity contribution >= 4 is 40.4 Å². The van der Waals surface area contributed by atoms with Crippen LogP contribution in [0.2, 0.25) is 5.15 Å². The van der Waals surface area contributed by atoms with Crippen molar-refractivity contribution in [2.24, 2.45) is 11.7 Å². The maximum absolute atomic E-state index is 14.3. The molecule has 0 saturated carbocycles. The highest BCUT2D eigenvalue weighted by atomic mass is 35.5. The first-order chi connectivity index (χ1) is 18.1. The monoisotopic (exact) mass is 549 g/mol. The Morgan fingerprint density at radius 3 is 2.66 bits per heavy atom. The van der Waals surface area contributed by atoms with Gasteiger partial charge in [0.2, 0.25) is 11.8 Å². The summed E-state index contributed by atoms with van der Waals surface area (Å²) in [4.78, 5) is 33.5. The van der Waals surface area contributed by atoms with Gasteiger partial charge in [0, 0.05) is 38.4 Å². The molecule has 0 radical (unpaired) electrons. The maximum Gasteiger partial charge on any atom is 0.413 e. The van der Waals surface area contributed by atoms with Crippen LogP contribution in [-0.4, -0.2) is 75.6 Å². The fraction of sp³-hybridized carbons (Fsp3) is 0.440. The van der Waals surface area contributed by atoms with Gasteiger partial charge >= 0.3 is 6.18 Å². The van der Waals surface area contributed by atoms with E-state index in [1.54, 1.807) is 28.9 Å². The molecule has 2 aliphatic rings. The number of carbonyl (C=O) groups is 2. The Hall–Kier alpha value is -3.38. The fourth-order valence-electron chi connectivity index (χ4n) is 5.40. The topological polar surface area (TPSA) is 100 Å². The quantitative estimate of drug-likeness (QED) is 0.524. The normalized spacial score (nSPS) is 18.5. The Labute approximate surface area is 221 Å². The summed E-state index contributed by atoms with van der Waals surface area (Å²) in [6, 6.07) is 5.61. The highest BCUT2D eigenvalue weighted by Crippen LogP contribution is 2.40. The summed E-state index contributed by atoms with van der Waals surface area (Å²) in [6.45, 7) is 0.830. The third kappa shape index (κ3) is 4.78. The lowest BCUT2D eigenvalue weighted by molar-refractivity contribution is -0.190. The molecule has 2 atom stereocenters. The summed E-state index contributed by atoms with van der Waals surface area (Å²) < 4.78 is 44.5. The SMILES string of the molecule is CN(C(=O)C1CCN(C(=O)CN)C1)[C@@H](c1ccc(N2CCCc3c2cnc2cc(Cl)nn32)cc1)C(F)(F)F. The zero-order valence-corrected chi connectivity index (χ0v) is 21.4. The molecule has 1 unspecified atom stereocenters. The molecule has 38 heavy (non-hydrogen) atoms. The van der Waals surface area contributed by atoms with Gasteiger partial charge in [0.05, 0.1) is 30.0 Å². The number of rotatable bonds is 5. The van der Waals surface area contributed by atoms with Crippen LogP contribution in [0.25, 0.3) is 5.65 Å². The molecule has 1 fully saturated rings. The third-order valence-corrected chi connectivity index (χ3v) is 7.43. The van der Waals surface area contributed by atoms with E-state index in [4.69, 9.17) is 17.3 Å². The molecule has 0 aliphatic carbocycles. The Balaban J connectivity index is 1.39. The number of benzene rings is 1. The standard InChI is InChI=1S/C25H27ClF3N7O2/c1-33(24(38)16-8-10-34(14-16)22(37)12-30)23(25(27,28)29)15-4-6-17(7-5-15)35-9-2-3-18-19(35)13-31-21-11-20(26)32-36(18)21/h4-7,11,13,16,23H,2-3,8-10,12,14,30H2,1H3/t16?,23-/m0/s1. The third-order valence-electron chi connectivity index (χ3n) is 7.25. The number of hydrogen-bond acceptors (Lipinski definition) is 6. The van der Waals surface area contributed by atoms with Crippen molar-refractivity contribution in [2.45, 2.75) is 31.5 Å². The van der Waals surface area contributed by atoms with Crippen molar-refractivity contribution in [3.05, 3.63) is 52.9 Å². The lowest BCUT2D eigenvalue weighted by Crippen LogP contribution is -2.43. The number of aromatic nitrogens is 3. The summed E-state index contributed by atoms with van der Waals surface area (Å²) in [5.41, 5.74) is 8.41. The van der Waals surface area contributed by atoms with E-state index in [9.17, 15) is 22.8 Å². The molecule has 4 heterocycles. The molecule has 13 heteroatoms. The predicted molar refractivity (Wildman–Crippen MR) is 135 cm³/mol. The van der Waals surface area contributed by atoms with Gasteiger partial charge in [-0.1, -0.05) is 23.7 Å². The van der Waals surface area contributed by atoms with Crippen LogP contribution in [0.4, 0.5) is 24.5 Å². The van der Waals surface area contributed by atoms with Crippen molar-refractivity contribution < 1.29 is 22.8 Å². The zero-order valence-electron chi connectivity index (χ0n) is 20.7. The van der Waals surface area contributed by atoms with E-state index in [0.29, 0.717) is 36.0 Å². The number of carbonyl (C=O) groups excluding carboxylic acids is 2. The number of amides is 2. The van der Waals surface area contributed by atoms with Gasteiger partial charge in [-0.15, -0.1) is 0 Å². The minimum atomic E-state index is -4.69. The van der Waals surface area contributed by atoms with Gasteiger partial charge in [-0.25, -0.2) is 9.50 Å². The van der Waals surface area contributed by atoms with E-state index in [0.717, 1.165) is 36.2 Å². The van der Waals surface area contributed by atoms with Gasteiger partial charge in [-0.2, -0.15) is 18.3 Å². The van der Waals surface area contributed by atoms with Crippen LogP contribution in [0.15, 0.2) is 36.5 Å². The van der Waals surface area contributed by atoms with Crippen molar-refractivity contribution in [3.8, 4) is 0 Å². The summed E-state index contributed by atoms with van der Waals surface area (Å²) in [6.07, 6.45) is -1.08. The molecule has 202 valence electrons. The van der Waals surface area contributed by atoms with Crippen LogP contribution in [0.3, 0.4) is 0 Å². The van der Waals surface area contributed by atoms with Crippen LogP contribution in [0.1, 0.15) is 30.1 Å². The molecule has 0 spiro atoms. The lowest BCUT2D eigenvalue weighted by Gasteiger charge is -2.33. The molecule has 1 saturated heterocycles. The number of halogens is 4. The zero-order chi connectivity index (χ0) is 27.2. The minimum Gasteiger partial charge on any atom is -0.341 e. The Kier molecular flexibility index (Phi) is 6.95. The summed E-state index contributed by atoms with van der Waals surface area (Å²) >= 11 is 6.05. The van der Waals surface area contributed by atoms with E-state index in [2.05, 4.69) is 10.1 Å².